The summed E-state index contributed by atoms with van der Waals surface area (Å²) < 4.78 is 7.49. The van der Waals surface area contributed by atoms with Gasteiger partial charge >= 0.3 is 6.09 Å². The summed E-state index contributed by atoms with van der Waals surface area (Å²) in [5.41, 5.74) is 10.8. The molecule has 11 heteroatoms. The molecule has 0 unspecified atom stereocenters. The van der Waals surface area contributed by atoms with Crippen molar-refractivity contribution in [2.45, 2.75) is 56.3 Å². The van der Waals surface area contributed by atoms with E-state index in [4.69, 9.17) is 10.5 Å². The molecule has 1 saturated heterocycles. The maximum Gasteiger partial charge on any atom is 0.410 e. The lowest BCUT2D eigenvalue weighted by Gasteiger charge is -2.33. The van der Waals surface area contributed by atoms with Crippen molar-refractivity contribution in [3.05, 3.63) is 54.0 Å². The first kappa shape index (κ1) is 29.5. The van der Waals surface area contributed by atoms with Crippen molar-refractivity contribution in [1.29, 1.82) is 0 Å². The number of anilines is 2. The van der Waals surface area contributed by atoms with Crippen LogP contribution in [-0.2, 0) is 11.8 Å². The molecule has 0 bridgehead atoms. The van der Waals surface area contributed by atoms with Gasteiger partial charge in [0, 0.05) is 47.6 Å². The smallest absolute Gasteiger partial charge is 0.410 e. The second-order valence-electron chi connectivity index (χ2n) is 11.0. The molecule has 0 saturated carbocycles. The monoisotopic (exact) mass is 580 g/mol. The summed E-state index contributed by atoms with van der Waals surface area (Å²) >= 11 is 1.79. The number of nitrogens with one attached hydrogen (secondary N) is 1. The number of imidazole rings is 1. The molecule has 0 radical (unpaired) electrons. The molecule has 3 N–H and O–H groups in total. The normalized spacial score (nSPS) is 14.3. The number of aromatic nitrogens is 3. The van der Waals surface area contributed by atoms with Gasteiger partial charge in [-0.1, -0.05) is 0 Å². The molecule has 3 heterocycles. The molecule has 40 heavy (non-hydrogen) atoms. The van der Waals surface area contributed by atoms with Crippen molar-refractivity contribution < 1.29 is 14.3 Å². The van der Waals surface area contributed by atoms with Crippen LogP contribution in [0.1, 0.15) is 49.5 Å². The largest absolute Gasteiger partial charge is 0.444 e. The van der Waals surface area contributed by atoms with Gasteiger partial charge in [-0.2, -0.15) is 13.5 Å². The molecule has 0 aliphatic carbocycles. The third-order valence-corrected chi connectivity index (χ3v) is 8.10. The molecule has 0 spiro atoms. The number of hydrogen-bond acceptors (Lipinski definition) is 7. The summed E-state index contributed by atoms with van der Waals surface area (Å²) in [4.78, 5) is 36.7. The Hall–Kier alpha value is -3.44. The highest BCUT2D eigenvalue weighted by Crippen LogP contribution is 2.37. The van der Waals surface area contributed by atoms with Gasteiger partial charge in [-0.3, -0.25) is 9.78 Å². The molecular weight excluding hydrogens is 544 g/mol. The van der Waals surface area contributed by atoms with Gasteiger partial charge in [0.25, 0.3) is 5.91 Å². The number of amides is 2. The number of nitrogens with two attached hydrogens (primary N) is 1. The van der Waals surface area contributed by atoms with Crippen LogP contribution in [0.3, 0.4) is 0 Å². The topological polar surface area (TPSA) is 115 Å². The summed E-state index contributed by atoms with van der Waals surface area (Å²) in [6.07, 6.45) is 4.81. The number of thioether (sulfide) groups is 1. The zero-order chi connectivity index (χ0) is 27.9. The van der Waals surface area contributed by atoms with Crippen LogP contribution in [0.5, 0.6) is 0 Å². The van der Waals surface area contributed by atoms with Crippen LogP contribution >= 0.6 is 25.3 Å². The molecule has 212 valence electrons. The van der Waals surface area contributed by atoms with Crippen LogP contribution in [-0.4, -0.2) is 55.4 Å². The quantitative estimate of drug-likeness (QED) is 0.303. The number of carbonyl (C=O) groups excluding carboxylic acids is 2. The second kappa shape index (κ2) is 11.6. The lowest BCUT2D eigenvalue weighted by Crippen LogP contribution is -2.42. The average Bonchev–Trinajstić information content (AvgIpc) is 3.23. The van der Waals surface area contributed by atoms with Crippen molar-refractivity contribution in [3.8, 4) is 0 Å². The van der Waals surface area contributed by atoms with Gasteiger partial charge in [-0.15, -0.1) is 11.8 Å². The number of likely N-dealkylation sites (tertiary alicyclic amines) is 1. The van der Waals surface area contributed by atoms with Crippen LogP contribution in [0, 0.1) is 6.92 Å². The summed E-state index contributed by atoms with van der Waals surface area (Å²) in [5, 5.41) is 4.65. The summed E-state index contributed by atoms with van der Waals surface area (Å²) in [5.74, 6) is -0.543. The standard InChI is InChI=1S/C29H34N6O3S.H2S/c1-17-12-20(39-19-8-10-35(11-9-19)28(37)38-29(2,3)4)14-21-25(17)31-15-22(27(30)36)26(21)33-18-6-7-23-24(13-18)34(5)16-32-23;/h6-7,12-16,19H,8-11H2,1-5H3,(H2,30,36)(H,31,33);1H2. The van der Waals surface area contributed by atoms with Gasteiger partial charge in [0.1, 0.15) is 5.60 Å². The fourth-order valence-corrected chi connectivity index (χ4v) is 6.12. The molecule has 1 aliphatic heterocycles. The summed E-state index contributed by atoms with van der Waals surface area (Å²) in [6.45, 7) is 9.00. The lowest BCUT2D eigenvalue weighted by molar-refractivity contribution is 0.0219. The highest BCUT2D eigenvalue weighted by atomic mass is 32.2. The number of primary amides is 1. The number of carbonyl (C=O) groups is 2. The number of aryl methyl sites for hydroxylation is 2. The summed E-state index contributed by atoms with van der Waals surface area (Å²) in [7, 11) is 1.95. The molecule has 2 aromatic carbocycles. The Labute approximate surface area is 245 Å². The first-order chi connectivity index (χ1) is 18.5. The minimum absolute atomic E-state index is 0. The Morgan fingerprint density at radius 1 is 1.12 bits per heavy atom. The molecule has 2 aromatic heterocycles. The highest BCUT2D eigenvalue weighted by molar-refractivity contribution is 8.00. The van der Waals surface area contributed by atoms with E-state index in [-0.39, 0.29) is 19.6 Å². The predicted octanol–water partition coefficient (Wildman–Crippen LogP) is 5.88. The number of piperidine rings is 1. The molecule has 5 rings (SSSR count). The minimum Gasteiger partial charge on any atom is -0.444 e. The number of nitrogens with zero attached hydrogens (tertiary/aromatic N) is 4. The zero-order valence-electron chi connectivity index (χ0n) is 23.4. The number of fused-ring (bicyclic) bond motifs is 2. The maximum atomic E-state index is 12.5. The Bertz CT molecular complexity index is 1570. The summed E-state index contributed by atoms with van der Waals surface area (Å²) in [6, 6.07) is 10.1. The van der Waals surface area contributed by atoms with Crippen LogP contribution in [0.15, 0.2) is 47.8 Å². The van der Waals surface area contributed by atoms with E-state index in [2.05, 4.69) is 27.4 Å². The van der Waals surface area contributed by atoms with Crippen LogP contribution in [0.25, 0.3) is 21.9 Å². The van der Waals surface area contributed by atoms with Crippen LogP contribution in [0.4, 0.5) is 16.2 Å². The Morgan fingerprint density at radius 2 is 1.85 bits per heavy atom. The van der Waals surface area contributed by atoms with Gasteiger partial charge in [0.05, 0.1) is 34.1 Å². The van der Waals surface area contributed by atoms with Crippen molar-refractivity contribution in [3.63, 3.8) is 0 Å². The number of pyridine rings is 1. The number of rotatable bonds is 5. The van der Waals surface area contributed by atoms with E-state index < -0.39 is 11.5 Å². The van der Waals surface area contributed by atoms with Gasteiger partial charge in [-0.05, 0) is 76.4 Å². The van der Waals surface area contributed by atoms with Gasteiger partial charge in [0.2, 0.25) is 0 Å². The van der Waals surface area contributed by atoms with Crippen LogP contribution < -0.4 is 11.1 Å². The number of ether oxygens (including phenoxy) is 1. The van der Waals surface area contributed by atoms with Crippen LogP contribution in [0.2, 0.25) is 0 Å². The Morgan fingerprint density at radius 3 is 2.52 bits per heavy atom. The molecular formula is C29H36N6O3S2. The molecule has 2 amide bonds. The van der Waals surface area contributed by atoms with E-state index in [1.165, 1.54) is 0 Å². The maximum absolute atomic E-state index is 12.5. The van der Waals surface area contributed by atoms with Crippen molar-refractivity contribution in [2.24, 2.45) is 12.8 Å². The Kier molecular flexibility index (Phi) is 8.55. The number of hydrogen-bond donors (Lipinski definition) is 2. The molecule has 9 nitrogen and oxygen atoms in total. The van der Waals surface area contributed by atoms with Gasteiger partial charge in [-0.25, -0.2) is 9.78 Å². The van der Waals surface area contributed by atoms with Crippen molar-refractivity contribution in [1.82, 2.24) is 19.4 Å². The molecule has 4 aromatic rings. The van der Waals surface area contributed by atoms with Gasteiger partial charge < -0.3 is 25.3 Å². The average molecular weight is 581 g/mol. The zero-order valence-corrected chi connectivity index (χ0v) is 25.3. The second-order valence-corrected chi connectivity index (χ2v) is 12.4. The third kappa shape index (κ3) is 6.31. The number of benzene rings is 2. The Balaban J connectivity index is 0.00000370. The van der Waals surface area contributed by atoms with E-state index in [0.717, 1.165) is 50.9 Å². The van der Waals surface area contributed by atoms with Crippen molar-refractivity contribution in [2.75, 3.05) is 18.4 Å². The predicted molar refractivity (Wildman–Crippen MR) is 166 cm³/mol. The van der Waals surface area contributed by atoms with Crippen molar-refractivity contribution >= 4 is 70.6 Å². The minimum atomic E-state index is -0.543. The molecule has 0 atom stereocenters. The fourth-order valence-electron chi connectivity index (χ4n) is 4.86. The van der Waals surface area contributed by atoms with E-state index in [1.54, 1.807) is 29.2 Å². The first-order valence-corrected chi connectivity index (χ1v) is 13.9. The van der Waals surface area contributed by atoms with E-state index in [0.29, 0.717) is 29.6 Å². The highest BCUT2D eigenvalue weighted by Gasteiger charge is 2.27. The SMILES string of the molecule is Cc1cc(SC2CCN(C(=O)OC(C)(C)C)CC2)cc2c(Nc3ccc4ncn(C)c4c3)c(C(N)=O)cnc12.S. The first-order valence-electron chi connectivity index (χ1n) is 13.0. The van der Waals surface area contributed by atoms with E-state index >= 15 is 0 Å². The molecule has 1 aliphatic rings. The lowest BCUT2D eigenvalue weighted by atomic mass is 10.1. The van der Waals surface area contributed by atoms with E-state index in [9.17, 15) is 9.59 Å². The van der Waals surface area contributed by atoms with E-state index in [1.807, 2.05) is 57.5 Å². The fraction of sp³-hybridized carbons (Fsp3) is 0.379. The van der Waals surface area contributed by atoms with Gasteiger partial charge in [0.15, 0.2) is 0 Å². The third-order valence-electron chi connectivity index (χ3n) is 6.79. The molecule has 1 fully saturated rings.